The van der Waals surface area contributed by atoms with Crippen molar-refractivity contribution >= 4 is 22.1 Å². The summed E-state index contributed by atoms with van der Waals surface area (Å²) in [6.07, 6.45) is 4.64. The zero-order valence-corrected chi connectivity index (χ0v) is 13.7. The summed E-state index contributed by atoms with van der Waals surface area (Å²) in [5.74, 6) is 1.24. The Hall–Kier alpha value is -2.30. The van der Waals surface area contributed by atoms with Gasteiger partial charge in [0.2, 0.25) is 0 Å². The van der Waals surface area contributed by atoms with Crippen LogP contribution in [0.25, 0.3) is 10.8 Å². The molecule has 124 valence electrons. The highest BCUT2D eigenvalue weighted by Gasteiger charge is 2.14. The van der Waals surface area contributed by atoms with Gasteiger partial charge in [0.25, 0.3) is 5.69 Å². The standard InChI is InChI=1S/C18H24N2O3/c1-3-5-6-13(4-2)12-23-14-7-8-15-16(11-14)17(19)9-10-18(15)20(21)22/h7-11,13H,3-6,12,19H2,1-2H3. The summed E-state index contributed by atoms with van der Waals surface area (Å²) >= 11 is 0. The molecule has 0 bridgehead atoms. The molecule has 2 aromatic carbocycles. The van der Waals surface area contributed by atoms with E-state index in [-0.39, 0.29) is 10.6 Å². The second kappa shape index (κ2) is 7.81. The fourth-order valence-corrected chi connectivity index (χ4v) is 2.70. The first-order valence-corrected chi connectivity index (χ1v) is 8.16. The molecule has 0 saturated carbocycles. The largest absolute Gasteiger partial charge is 0.493 e. The van der Waals surface area contributed by atoms with Gasteiger partial charge in [-0.3, -0.25) is 10.1 Å². The number of fused-ring (bicyclic) bond motifs is 1. The summed E-state index contributed by atoms with van der Waals surface area (Å²) in [5, 5.41) is 12.3. The highest BCUT2D eigenvalue weighted by atomic mass is 16.6. The smallest absolute Gasteiger partial charge is 0.277 e. The molecule has 1 atom stereocenters. The molecule has 0 aliphatic rings. The third-order valence-electron chi connectivity index (χ3n) is 4.22. The first-order valence-electron chi connectivity index (χ1n) is 8.16. The third kappa shape index (κ3) is 4.12. The number of rotatable bonds is 8. The summed E-state index contributed by atoms with van der Waals surface area (Å²) in [5.41, 5.74) is 6.55. The van der Waals surface area contributed by atoms with Gasteiger partial charge in [0.05, 0.1) is 16.9 Å². The molecule has 0 aliphatic heterocycles. The molecular formula is C18H24N2O3. The van der Waals surface area contributed by atoms with E-state index in [1.54, 1.807) is 24.3 Å². The number of ether oxygens (including phenoxy) is 1. The lowest BCUT2D eigenvalue weighted by Gasteiger charge is -2.16. The molecule has 0 aliphatic carbocycles. The molecule has 0 heterocycles. The first kappa shape index (κ1) is 17.1. The molecule has 0 fully saturated rings. The van der Waals surface area contributed by atoms with Gasteiger partial charge >= 0.3 is 0 Å². The Morgan fingerprint density at radius 3 is 2.65 bits per heavy atom. The predicted molar refractivity (Wildman–Crippen MR) is 93.8 cm³/mol. The van der Waals surface area contributed by atoms with Crippen LogP contribution in [0.15, 0.2) is 30.3 Å². The molecule has 5 heteroatoms. The van der Waals surface area contributed by atoms with Crippen molar-refractivity contribution in [2.24, 2.45) is 5.92 Å². The maximum Gasteiger partial charge on any atom is 0.277 e. The molecule has 2 rings (SSSR count). The number of nitro benzene ring substituents is 1. The van der Waals surface area contributed by atoms with E-state index in [1.165, 1.54) is 18.9 Å². The fourth-order valence-electron chi connectivity index (χ4n) is 2.70. The van der Waals surface area contributed by atoms with Crippen LogP contribution in [0, 0.1) is 16.0 Å². The van der Waals surface area contributed by atoms with Crippen LogP contribution >= 0.6 is 0 Å². The predicted octanol–water partition coefficient (Wildman–Crippen LogP) is 4.93. The molecule has 2 aromatic rings. The average Bonchev–Trinajstić information content (AvgIpc) is 2.55. The molecule has 0 aromatic heterocycles. The molecule has 1 unspecified atom stereocenters. The second-order valence-corrected chi connectivity index (χ2v) is 5.87. The summed E-state index contributed by atoms with van der Waals surface area (Å²) in [7, 11) is 0. The Kier molecular flexibility index (Phi) is 5.79. The Balaban J connectivity index is 2.20. The van der Waals surface area contributed by atoms with Crippen molar-refractivity contribution in [3.8, 4) is 5.75 Å². The van der Waals surface area contributed by atoms with Crippen molar-refractivity contribution in [1.29, 1.82) is 0 Å². The second-order valence-electron chi connectivity index (χ2n) is 5.87. The number of nitrogen functional groups attached to an aromatic ring is 1. The van der Waals surface area contributed by atoms with E-state index in [9.17, 15) is 10.1 Å². The maximum absolute atomic E-state index is 11.1. The number of benzene rings is 2. The molecule has 23 heavy (non-hydrogen) atoms. The third-order valence-corrected chi connectivity index (χ3v) is 4.22. The van der Waals surface area contributed by atoms with Crippen molar-refractivity contribution in [3.63, 3.8) is 0 Å². The van der Waals surface area contributed by atoms with Gasteiger partial charge < -0.3 is 10.5 Å². The fraction of sp³-hybridized carbons (Fsp3) is 0.444. The zero-order valence-electron chi connectivity index (χ0n) is 13.7. The number of anilines is 1. The van der Waals surface area contributed by atoms with Gasteiger partial charge in [-0.05, 0) is 36.6 Å². The quantitative estimate of drug-likeness (QED) is 0.425. The van der Waals surface area contributed by atoms with E-state index in [0.717, 1.165) is 12.8 Å². The molecule has 0 saturated heterocycles. The zero-order chi connectivity index (χ0) is 16.8. The van der Waals surface area contributed by atoms with Gasteiger partial charge in [-0.15, -0.1) is 0 Å². The average molecular weight is 316 g/mol. The minimum Gasteiger partial charge on any atom is -0.493 e. The number of non-ortho nitro benzene ring substituents is 1. The number of hydrogen-bond acceptors (Lipinski definition) is 4. The normalized spacial score (nSPS) is 12.3. The SMILES string of the molecule is CCCCC(CC)COc1ccc2c([N+](=O)[O-])ccc(N)c2c1. The van der Waals surface area contributed by atoms with Gasteiger partial charge in [0, 0.05) is 17.1 Å². The van der Waals surface area contributed by atoms with Gasteiger partial charge in [0.1, 0.15) is 5.75 Å². The Morgan fingerprint density at radius 1 is 1.22 bits per heavy atom. The molecule has 5 nitrogen and oxygen atoms in total. The van der Waals surface area contributed by atoms with Crippen molar-refractivity contribution in [2.75, 3.05) is 12.3 Å². The van der Waals surface area contributed by atoms with E-state index >= 15 is 0 Å². The Labute approximate surface area is 136 Å². The number of unbranched alkanes of at least 4 members (excludes halogenated alkanes) is 1. The lowest BCUT2D eigenvalue weighted by molar-refractivity contribution is -0.383. The summed E-state index contributed by atoms with van der Waals surface area (Å²) in [6, 6.07) is 8.30. The van der Waals surface area contributed by atoms with E-state index in [0.29, 0.717) is 34.7 Å². The maximum atomic E-state index is 11.1. The van der Waals surface area contributed by atoms with Crippen LogP contribution in [-0.2, 0) is 0 Å². The first-order chi connectivity index (χ1) is 11.1. The minimum atomic E-state index is -0.389. The highest BCUT2D eigenvalue weighted by molar-refractivity contribution is 5.99. The lowest BCUT2D eigenvalue weighted by Crippen LogP contribution is -2.11. The van der Waals surface area contributed by atoms with Gasteiger partial charge in [-0.1, -0.05) is 33.1 Å². The topological polar surface area (TPSA) is 78.4 Å². The number of nitrogens with zero attached hydrogens (tertiary/aromatic N) is 1. The van der Waals surface area contributed by atoms with Crippen molar-refractivity contribution in [1.82, 2.24) is 0 Å². The highest BCUT2D eigenvalue weighted by Crippen LogP contribution is 2.32. The van der Waals surface area contributed by atoms with Crippen LogP contribution in [0.3, 0.4) is 0 Å². The van der Waals surface area contributed by atoms with Crippen LogP contribution in [0.4, 0.5) is 11.4 Å². The minimum absolute atomic E-state index is 0.0649. The van der Waals surface area contributed by atoms with E-state index < -0.39 is 0 Å². The van der Waals surface area contributed by atoms with E-state index in [1.807, 2.05) is 0 Å². The number of nitrogens with two attached hydrogens (primary N) is 1. The molecule has 0 spiro atoms. The molecule has 0 amide bonds. The molecule has 0 radical (unpaired) electrons. The molecular weight excluding hydrogens is 292 g/mol. The Bertz CT molecular complexity index is 685. The van der Waals surface area contributed by atoms with E-state index in [2.05, 4.69) is 13.8 Å². The van der Waals surface area contributed by atoms with Crippen molar-refractivity contribution < 1.29 is 9.66 Å². The van der Waals surface area contributed by atoms with Gasteiger partial charge in [-0.25, -0.2) is 0 Å². The summed E-state index contributed by atoms with van der Waals surface area (Å²) in [6.45, 7) is 5.02. The number of hydrogen-bond donors (Lipinski definition) is 1. The van der Waals surface area contributed by atoms with Crippen LogP contribution < -0.4 is 10.5 Å². The van der Waals surface area contributed by atoms with Gasteiger partial charge in [-0.2, -0.15) is 0 Å². The van der Waals surface area contributed by atoms with Gasteiger partial charge in [0.15, 0.2) is 0 Å². The summed E-state index contributed by atoms with van der Waals surface area (Å²) < 4.78 is 5.89. The lowest BCUT2D eigenvalue weighted by atomic mass is 10.0. The van der Waals surface area contributed by atoms with E-state index in [4.69, 9.17) is 10.5 Å². The van der Waals surface area contributed by atoms with Crippen LogP contribution in [-0.4, -0.2) is 11.5 Å². The van der Waals surface area contributed by atoms with Crippen LogP contribution in [0.5, 0.6) is 5.75 Å². The summed E-state index contributed by atoms with van der Waals surface area (Å²) in [4.78, 5) is 10.7. The number of nitro groups is 1. The Morgan fingerprint density at radius 2 is 2.00 bits per heavy atom. The van der Waals surface area contributed by atoms with Crippen molar-refractivity contribution in [3.05, 3.63) is 40.4 Å². The molecule has 2 N–H and O–H groups in total. The monoisotopic (exact) mass is 316 g/mol. The van der Waals surface area contributed by atoms with Crippen LogP contribution in [0.1, 0.15) is 39.5 Å². The van der Waals surface area contributed by atoms with Crippen LogP contribution in [0.2, 0.25) is 0 Å². The van der Waals surface area contributed by atoms with Crippen molar-refractivity contribution in [2.45, 2.75) is 39.5 Å².